The van der Waals surface area contributed by atoms with E-state index in [4.69, 9.17) is 5.73 Å². The lowest BCUT2D eigenvalue weighted by Gasteiger charge is -1.99. The van der Waals surface area contributed by atoms with Gasteiger partial charge < -0.3 is 5.73 Å². The summed E-state index contributed by atoms with van der Waals surface area (Å²) in [6.45, 7) is 0.478. The van der Waals surface area contributed by atoms with Crippen molar-refractivity contribution in [3.05, 3.63) is 4.73 Å². The molecule has 2 N–H and O–H groups in total. The van der Waals surface area contributed by atoms with Crippen molar-refractivity contribution in [1.29, 1.82) is 0 Å². The van der Waals surface area contributed by atoms with Gasteiger partial charge in [0.2, 0.25) is 5.95 Å². The standard InChI is InChI=1S/C7H12BrFN4/c8-6-11-7(10)12-13(6)5-3-1-2-4-9/h1-5H2,(H2,10,12). The van der Waals surface area contributed by atoms with Crippen LogP contribution in [-0.2, 0) is 6.54 Å². The molecule has 0 saturated carbocycles. The second kappa shape index (κ2) is 5.16. The molecule has 0 amide bonds. The van der Waals surface area contributed by atoms with Gasteiger partial charge in [0.25, 0.3) is 0 Å². The van der Waals surface area contributed by atoms with Crippen LogP contribution in [0.1, 0.15) is 19.3 Å². The molecule has 1 aromatic heterocycles. The Hall–Kier alpha value is -0.650. The Labute approximate surface area is 84.5 Å². The van der Waals surface area contributed by atoms with E-state index in [2.05, 4.69) is 26.0 Å². The minimum absolute atomic E-state index is 0.249. The van der Waals surface area contributed by atoms with Crippen LogP contribution < -0.4 is 5.73 Å². The van der Waals surface area contributed by atoms with Crippen LogP contribution in [-0.4, -0.2) is 21.4 Å². The molecule has 1 heterocycles. The summed E-state index contributed by atoms with van der Waals surface area (Å²) < 4.78 is 14.0. The van der Waals surface area contributed by atoms with Crippen molar-refractivity contribution in [2.75, 3.05) is 12.4 Å². The maximum atomic E-state index is 11.7. The molecule has 0 bridgehead atoms. The van der Waals surface area contributed by atoms with Crippen LogP contribution in [0.2, 0.25) is 0 Å². The summed E-state index contributed by atoms with van der Waals surface area (Å²) >= 11 is 3.22. The van der Waals surface area contributed by atoms with Crippen molar-refractivity contribution in [2.45, 2.75) is 25.8 Å². The lowest BCUT2D eigenvalue weighted by molar-refractivity contribution is 0.441. The van der Waals surface area contributed by atoms with Crippen molar-refractivity contribution in [3.63, 3.8) is 0 Å². The van der Waals surface area contributed by atoms with E-state index in [1.807, 2.05) is 0 Å². The SMILES string of the molecule is Nc1nc(Br)n(CCCCCF)n1. The molecule has 1 aromatic rings. The quantitative estimate of drug-likeness (QED) is 0.811. The zero-order chi connectivity index (χ0) is 9.68. The maximum absolute atomic E-state index is 11.7. The lowest BCUT2D eigenvalue weighted by atomic mass is 10.2. The molecule has 0 spiro atoms. The Morgan fingerprint density at radius 3 is 2.69 bits per heavy atom. The van der Waals surface area contributed by atoms with Crippen LogP contribution in [0.4, 0.5) is 10.3 Å². The molecular weight excluding hydrogens is 239 g/mol. The third-order valence-corrected chi connectivity index (χ3v) is 2.23. The summed E-state index contributed by atoms with van der Waals surface area (Å²) in [7, 11) is 0. The Morgan fingerprint density at radius 2 is 2.15 bits per heavy atom. The van der Waals surface area contributed by atoms with E-state index in [1.54, 1.807) is 4.68 Å². The number of hydrogen-bond donors (Lipinski definition) is 1. The average molecular weight is 251 g/mol. The summed E-state index contributed by atoms with van der Waals surface area (Å²) in [4.78, 5) is 3.88. The molecule has 0 atom stereocenters. The van der Waals surface area contributed by atoms with E-state index in [0.29, 0.717) is 11.2 Å². The topological polar surface area (TPSA) is 56.7 Å². The van der Waals surface area contributed by atoms with Crippen molar-refractivity contribution in [2.24, 2.45) is 0 Å². The molecule has 0 aromatic carbocycles. The van der Waals surface area contributed by atoms with Crippen LogP contribution in [0.5, 0.6) is 0 Å². The van der Waals surface area contributed by atoms with Gasteiger partial charge in [0.1, 0.15) is 0 Å². The van der Waals surface area contributed by atoms with Gasteiger partial charge in [-0.3, -0.25) is 4.39 Å². The molecule has 74 valence electrons. The molecule has 0 aliphatic carbocycles. The van der Waals surface area contributed by atoms with Gasteiger partial charge in [-0.15, -0.1) is 5.10 Å². The highest BCUT2D eigenvalue weighted by Crippen LogP contribution is 2.09. The van der Waals surface area contributed by atoms with Crippen LogP contribution in [0.15, 0.2) is 4.73 Å². The minimum Gasteiger partial charge on any atom is -0.366 e. The van der Waals surface area contributed by atoms with Gasteiger partial charge in [0, 0.05) is 6.54 Å². The molecule has 0 unspecified atom stereocenters. The number of unbranched alkanes of at least 4 members (excludes halogenated alkanes) is 2. The van der Waals surface area contributed by atoms with E-state index in [0.717, 1.165) is 19.4 Å². The Bertz CT molecular complexity index is 263. The number of rotatable bonds is 5. The fraction of sp³-hybridized carbons (Fsp3) is 0.714. The van der Waals surface area contributed by atoms with E-state index in [-0.39, 0.29) is 12.6 Å². The number of nitrogens with zero attached hydrogens (tertiary/aromatic N) is 3. The molecule has 0 saturated heterocycles. The smallest absolute Gasteiger partial charge is 0.240 e. The van der Waals surface area contributed by atoms with Gasteiger partial charge in [-0.25, -0.2) is 4.68 Å². The number of aryl methyl sites for hydroxylation is 1. The van der Waals surface area contributed by atoms with Gasteiger partial charge in [-0.2, -0.15) is 4.98 Å². The predicted octanol–water partition coefficient (Wildman–Crippen LogP) is 1.76. The van der Waals surface area contributed by atoms with E-state index in [9.17, 15) is 4.39 Å². The molecule has 6 heteroatoms. The molecule has 13 heavy (non-hydrogen) atoms. The number of nitrogen functional groups attached to an aromatic ring is 1. The van der Waals surface area contributed by atoms with Gasteiger partial charge in [-0.1, -0.05) is 0 Å². The predicted molar refractivity (Wildman–Crippen MR) is 52.0 cm³/mol. The molecule has 1 rings (SSSR count). The first-order valence-corrected chi connectivity index (χ1v) is 4.95. The molecule has 0 radical (unpaired) electrons. The van der Waals surface area contributed by atoms with Crippen molar-refractivity contribution in [3.8, 4) is 0 Å². The third kappa shape index (κ3) is 3.30. The number of halogens is 2. The summed E-state index contributed by atoms with van der Waals surface area (Å²) in [6.07, 6.45) is 2.37. The van der Waals surface area contributed by atoms with Crippen molar-refractivity contribution >= 4 is 21.9 Å². The summed E-state index contributed by atoms with van der Waals surface area (Å²) in [6, 6.07) is 0. The van der Waals surface area contributed by atoms with Crippen LogP contribution >= 0.6 is 15.9 Å². The summed E-state index contributed by atoms with van der Waals surface area (Å²) in [5, 5.41) is 3.95. The minimum atomic E-state index is -0.249. The van der Waals surface area contributed by atoms with E-state index in [1.165, 1.54) is 0 Å². The fourth-order valence-corrected chi connectivity index (χ4v) is 1.45. The first-order chi connectivity index (χ1) is 6.24. The van der Waals surface area contributed by atoms with Gasteiger partial charge >= 0.3 is 0 Å². The number of alkyl halides is 1. The highest BCUT2D eigenvalue weighted by atomic mass is 79.9. The monoisotopic (exact) mass is 250 g/mol. The summed E-state index contributed by atoms with van der Waals surface area (Å²) in [5.74, 6) is 0.261. The second-order valence-electron chi connectivity index (χ2n) is 2.71. The fourth-order valence-electron chi connectivity index (χ4n) is 1.01. The van der Waals surface area contributed by atoms with Crippen molar-refractivity contribution in [1.82, 2.24) is 14.8 Å². The highest BCUT2D eigenvalue weighted by molar-refractivity contribution is 9.10. The first kappa shape index (κ1) is 10.4. The molecule has 0 aliphatic rings. The number of anilines is 1. The molecule has 4 nitrogen and oxygen atoms in total. The zero-order valence-corrected chi connectivity index (χ0v) is 8.80. The number of hydrogen-bond acceptors (Lipinski definition) is 3. The average Bonchev–Trinajstić information content (AvgIpc) is 2.39. The Kier molecular flexibility index (Phi) is 4.14. The van der Waals surface area contributed by atoms with Crippen LogP contribution in [0.25, 0.3) is 0 Å². The second-order valence-corrected chi connectivity index (χ2v) is 3.42. The first-order valence-electron chi connectivity index (χ1n) is 4.16. The summed E-state index contributed by atoms with van der Waals surface area (Å²) in [5.41, 5.74) is 5.38. The highest BCUT2D eigenvalue weighted by Gasteiger charge is 2.02. The Balaban J connectivity index is 2.32. The largest absolute Gasteiger partial charge is 0.366 e. The van der Waals surface area contributed by atoms with Crippen LogP contribution in [0.3, 0.4) is 0 Å². The molecule has 0 aliphatic heterocycles. The van der Waals surface area contributed by atoms with E-state index < -0.39 is 0 Å². The maximum Gasteiger partial charge on any atom is 0.240 e. The number of nitrogens with two attached hydrogens (primary N) is 1. The van der Waals surface area contributed by atoms with Crippen molar-refractivity contribution < 1.29 is 4.39 Å². The van der Waals surface area contributed by atoms with Gasteiger partial charge in [-0.05, 0) is 35.2 Å². The van der Waals surface area contributed by atoms with Gasteiger partial charge in [0.15, 0.2) is 4.73 Å². The zero-order valence-electron chi connectivity index (χ0n) is 7.21. The lowest BCUT2D eigenvalue weighted by Crippen LogP contribution is -2.01. The third-order valence-electron chi connectivity index (χ3n) is 1.65. The van der Waals surface area contributed by atoms with Crippen LogP contribution in [0, 0.1) is 0 Å². The normalized spacial score (nSPS) is 10.6. The molecule has 0 fully saturated rings. The van der Waals surface area contributed by atoms with Gasteiger partial charge in [0.05, 0.1) is 6.67 Å². The Morgan fingerprint density at radius 1 is 1.38 bits per heavy atom. The molecular formula is C7H12BrFN4. The van der Waals surface area contributed by atoms with E-state index >= 15 is 0 Å². The number of aromatic nitrogens is 3.